The molecule has 1 aliphatic heterocycles. The second-order valence-corrected chi connectivity index (χ2v) is 9.66. The van der Waals surface area contributed by atoms with E-state index in [4.69, 9.17) is 14.2 Å². The van der Waals surface area contributed by atoms with E-state index >= 15 is 0 Å². The number of carbonyl (C=O) groups excluding carboxylic acids is 1. The van der Waals surface area contributed by atoms with Gasteiger partial charge in [-0.15, -0.1) is 0 Å². The Morgan fingerprint density at radius 1 is 1.07 bits per heavy atom. The van der Waals surface area contributed by atoms with Gasteiger partial charge in [-0.05, 0) is 49.4 Å². The minimum Gasteiger partial charge on any atom is -0.494 e. The van der Waals surface area contributed by atoms with Crippen LogP contribution in [0.15, 0.2) is 54.6 Å². The SMILES string of the molecule is CC1CC(C(=O)OCS(=O)(=O)CCCOc2ccc(-c3ccccc3)cc2)CCO1. The predicted molar refractivity (Wildman–Crippen MR) is 115 cm³/mol. The standard InChI is InChI=1S/C23H28O6S/c1-18-16-21(12-14-27-18)23(24)29-17-30(25,26)15-5-13-28-22-10-8-20(9-11-22)19-6-3-2-4-7-19/h2-4,6-11,18,21H,5,12-17H2,1H3. The Kier molecular flexibility index (Phi) is 7.87. The molecular formula is C23H28O6S. The van der Waals surface area contributed by atoms with Gasteiger partial charge in [0.25, 0.3) is 0 Å². The normalized spacial score (nSPS) is 19.2. The highest BCUT2D eigenvalue weighted by Crippen LogP contribution is 2.23. The summed E-state index contributed by atoms with van der Waals surface area (Å²) in [7, 11) is -3.48. The summed E-state index contributed by atoms with van der Waals surface area (Å²) in [4.78, 5) is 12.1. The number of carbonyl (C=O) groups is 1. The van der Waals surface area contributed by atoms with Crippen molar-refractivity contribution < 1.29 is 27.4 Å². The van der Waals surface area contributed by atoms with E-state index in [1.807, 2.05) is 61.5 Å². The van der Waals surface area contributed by atoms with Gasteiger partial charge < -0.3 is 14.2 Å². The highest BCUT2D eigenvalue weighted by molar-refractivity contribution is 7.91. The Bertz CT molecular complexity index is 908. The van der Waals surface area contributed by atoms with E-state index < -0.39 is 21.7 Å². The van der Waals surface area contributed by atoms with Crippen LogP contribution < -0.4 is 4.74 Å². The molecule has 2 unspecified atom stereocenters. The molecule has 0 saturated carbocycles. The molecule has 0 amide bonds. The second kappa shape index (κ2) is 10.6. The van der Waals surface area contributed by atoms with Gasteiger partial charge in [0.05, 0.1) is 24.4 Å². The molecule has 0 N–H and O–H groups in total. The number of ether oxygens (including phenoxy) is 3. The van der Waals surface area contributed by atoms with Gasteiger partial charge in [-0.25, -0.2) is 8.42 Å². The molecule has 7 heteroatoms. The molecule has 2 atom stereocenters. The Morgan fingerprint density at radius 2 is 1.77 bits per heavy atom. The Hall–Kier alpha value is -2.38. The van der Waals surface area contributed by atoms with Crippen molar-refractivity contribution in [2.45, 2.75) is 32.3 Å². The molecular weight excluding hydrogens is 404 g/mol. The zero-order valence-corrected chi connectivity index (χ0v) is 18.0. The molecule has 30 heavy (non-hydrogen) atoms. The maximum atomic E-state index is 12.1. The van der Waals surface area contributed by atoms with Crippen LogP contribution in [0, 0.1) is 5.92 Å². The van der Waals surface area contributed by atoms with Gasteiger partial charge in [0.2, 0.25) is 0 Å². The lowest BCUT2D eigenvalue weighted by atomic mass is 9.97. The first-order valence-corrected chi connectivity index (χ1v) is 12.0. The first-order chi connectivity index (χ1) is 14.4. The maximum Gasteiger partial charge on any atom is 0.310 e. The van der Waals surface area contributed by atoms with Gasteiger partial charge in [0.1, 0.15) is 5.75 Å². The third kappa shape index (κ3) is 6.85. The Labute approximate surface area is 178 Å². The first kappa shape index (κ1) is 22.3. The van der Waals surface area contributed by atoms with E-state index in [0.717, 1.165) is 11.1 Å². The number of hydrogen-bond donors (Lipinski definition) is 0. The molecule has 2 aromatic rings. The molecule has 0 aromatic heterocycles. The summed E-state index contributed by atoms with van der Waals surface area (Å²) in [5.74, 6) is -0.725. The molecule has 6 nitrogen and oxygen atoms in total. The lowest BCUT2D eigenvalue weighted by molar-refractivity contribution is -0.151. The molecule has 1 fully saturated rings. The summed E-state index contributed by atoms with van der Waals surface area (Å²) >= 11 is 0. The Morgan fingerprint density at radius 3 is 2.47 bits per heavy atom. The maximum absolute atomic E-state index is 12.1. The first-order valence-electron chi connectivity index (χ1n) is 10.2. The van der Waals surface area contributed by atoms with Gasteiger partial charge in [-0.1, -0.05) is 42.5 Å². The van der Waals surface area contributed by atoms with Crippen molar-refractivity contribution in [2.75, 3.05) is 24.9 Å². The van der Waals surface area contributed by atoms with Crippen molar-refractivity contribution in [3.8, 4) is 16.9 Å². The largest absolute Gasteiger partial charge is 0.494 e. The second-order valence-electron chi connectivity index (χ2n) is 7.52. The number of rotatable bonds is 9. The molecule has 162 valence electrons. The average Bonchev–Trinajstić information content (AvgIpc) is 2.76. The molecule has 0 bridgehead atoms. The van der Waals surface area contributed by atoms with E-state index in [-0.39, 0.29) is 24.4 Å². The minimum absolute atomic E-state index is 0.00758. The number of hydrogen-bond acceptors (Lipinski definition) is 6. The van der Waals surface area contributed by atoms with Crippen LogP contribution in [0.4, 0.5) is 0 Å². The van der Waals surface area contributed by atoms with E-state index in [1.54, 1.807) is 0 Å². The summed E-state index contributed by atoms with van der Waals surface area (Å²) in [6.07, 6.45) is 1.46. The zero-order chi connectivity index (χ0) is 21.4. The van der Waals surface area contributed by atoms with Gasteiger partial charge in [-0.3, -0.25) is 4.79 Å². The molecule has 1 saturated heterocycles. The van der Waals surface area contributed by atoms with Crippen molar-refractivity contribution in [1.82, 2.24) is 0 Å². The fourth-order valence-electron chi connectivity index (χ4n) is 3.38. The summed E-state index contributed by atoms with van der Waals surface area (Å²) in [6, 6.07) is 17.7. The predicted octanol–water partition coefficient (Wildman–Crippen LogP) is 3.85. The van der Waals surface area contributed by atoms with Gasteiger partial charge >= 0.3 is 5.97 Å². The van der Waals surface area contributed by atoms with E-state index in [0.29, 0.717) is 31.6 Å². The quantitative estimate of drug-likeness (QED) is 0.442. The highest BCUT2D eigenvalue weighted by atomic mass is 32.2. The van der Waals surface area contributed by atoms with Gasteiger partial charge in [0, 0.05) is 6.61 Å². The van der Waals surface area contributed by atoms with Gasteiger partial charge in [0.15, 0.2) is 15.8 Å². The van der Waals surface area contributed by atoms with Crippen LogP contribution in [0.3, 0.4) is 0 Å². The number of esters is 1. The topological polar surface area (TPSA) is 78.9 Å². The summed E-state index contributed by atoms with van der Waals surface area (Å²) in [5, 5.41) is 0. The summed E-state index contributed by atoms with van der Waals surface area (Å²) in [6.45, 7) is 2.66. The fourth-order valence-corrected chi connectivity index (χ4v) is 4.35. The lowest BCUT2D eigenvalue weighted by Crippen LogP contribution is -2.31. The third-order valence-electron chi connectivity index (χ3n) is 5.03. The molecule has 3 rings (SSSR count). The number of benzene rings is 2. The third-order valence-corrected chi connectivity index (χ3v) is 6.42. The Balaban J connectivity index is 1.37. The molecule has 2 aromatic carbocycles. The van der Waals surface area contributed by atoms with Crippen molar-refractivity contribution in [3.63, 3.8) is 0 Å². The van der Waals surface area contributed by atoms with Crippen molar-refractivity contribution >= 4 is 15.8 Å². The fraction of sp³-hybridized carbons (Fsp3) is 0.435. The van der Waals surface area contributed by atoms with Crippen LogP contribution in [0.5, 0.6) is 5.75 Å². The summed E-state index contributed by atoms with van der Waals surface area (Å²) < 4.78 is 40.4. The van der Waals surface area contributed by atoms with Crippen LogP contribution >= 0.6 is 0 Å². The van der Waals surface area contributed by atoms with Crippen molar-refractivity contribution in [2.24, 2.45) is 5.92 Å². The van der Waals surface area contributed by atoms with Crippen molar-refractivity contribution in [3.05, 3.63) is 54.6 Å². The molecule has 0 radical (unpaired) electrons. The average molecular weight is 433 g/mol. The van der Waals surface area contributed by atoms with Crippen LogP contribution in [-0.4, -0.2) is 45.4 Å². The van der Waals surface area contributed by atoms with Crippen LogP contribution in [0.2, 0.25) is 0 Å². The van der Waals surface area contributed by atoms with Gasteiger partial charge in [-0.2, -0.15) is 0 Å². The molecule has 0 spiro atoms. The van der Waals surface area contributed by atoms with Crippen LogP contribution in [0.25, 0.3) is 11.1 Å². The van der Waals surface area contributed by atoms with E-state index in [9.17, 15) is 13.2 Å². The molecule has 1 heterocycles. The van der Waals surface area contributed by atoms with Crippen molar-refractivity contribution in [1.29, 1.82) is 0 Å². The summed E-state index contributed by atoms with van der Waals surface area (Å²) in [5.41, 5.74) is 2.21. The number of sulfone groups is 1. The monoisotopic (exact) mass is 432 g/mol. The van der Waals surface area contributed by atoms with Crippen LogP contribution in [0.1, 0.15) is 26.2 Å². The highest BCUT2D eigenvalue weighted by Gasteiger charge is 2.28. The zero-order valence-electron chi connectivity index (χ0n) is 17.2. The minimum atomic E-state index is -3.48. The molecule has 0 aliphatic carbocycles. The van der Waals surface area contributed by atoms with Crippen LogP contribution in [-0.2, 0) is 24.1 Å². The smallest absolute Gasteiger partial charge is 0.310 e. The van der Waals surface area contributed by atoms with E-state index in [2.05, 4.69) is 0 Å². The van der Waals surface area contributed by atoms with E-state index in [1.165, 1.54) is 0 Å². The molecule has 1 aliphatic rings. The lowest BCUT2D eigenvalue weighted by Gasteiger charge is -2.25.